The van der Waals surface area contributed by atoms with Crippen LogP contribution in [0.5, 0.6) is 0 Å². The van der Waals surface area contributed by atoms with Crippen LogP contribution < -0.4 is 44.6 Å². The minimum atomic E-state index is -1.25. The number of carbonyl (C=O) groups is 4. The Morgan fingerprint density at radius 3 is 1.98 bits per heavy atom. The average molecular weight is 617 g/mol. The van der Waals surface area contributed by atoms with E-state index in [1.807, 2.05) is 24.3 Å². The Labute approximate surface area is 257 Å². The lowest BCUT2D eigenvalue weighted by Gasteiger charge is -2.25. The lowest BCUT2D eigenvalue weighted by atomic mass is 10.0. The Morgan fingerprint density at radius 1 is 0.795 bits per heavy atom. The van der Waals surface area contributed by atoms with Crippen molar-refractivity contribution in [3.05, 3.63) is 36.0 Å². The van der Waals surface area contributed by atoms with Crippen LogP contribution in [-0.4, -0.2) is 83.5 Å². The lowest BCUT2D eigenvalue weighted by molar-refractivity contribution is -0.142. The van der Waals surface area contributed by atoms with Crippen molar-refractivity contribution >= 4 is 40.6 Å². The number of H-pyrrole nitrogens is 1. The quantitative estimate of drug-likeness (QED) is 0.0458. The van der Waals surface area contributed by atoms with Crippen LogP contribution in [0.15, 0.2) is 35.5 Å². The van der Waals surface area contributed by atoms with E-state index >= 15 is 0 Å². The molecule has 0 bridgehead atoms. The Kier molecular flexibility index (Phi) is 15.7. The van der Waals surface area contributed by atoms with E-state index < -0.39 is 47.9 Å². The molecule has 2 rings (SSSR count). The third-order valence-corrected chi connectivity index (χ3v) is 7.18. The number of fused-ring (bicyclic) bond motifs is 1. The highest BCUT2D eigenvalue weighted by atomic mass is 16.4. The van der Waals surface area contributed by atoms with Gasteiger partial charge in [-0.3, -0.25) is 19.4 Å². The number of aliphatic carboxylic acids is 1. The van der Waals surface area contributed by atoms with Gasteiger partial charge in [0.25, 0.3) is 0 Å². The molecule has 2 aromatic rings. The third kappa shape index (κ3) is 12.2. The topological polar surface area (TPSA) is 283 Å². The van der Waals surface area contributed by atoms with Gasteiger partial charge in [-0.05, 0) is 69.7 Å². The molecule has 1 heterocycles. The summed E-state index contributed by atoms with van der Waals surface area (Å²) in [5, 5.41) is 18.7. The molecule has 244 valence electrons. The first-order chi connectivity index (χ1) is 21.1. The first-order valence-electron chi connectivity index (χ1n) is 15.0. The van der Waals surface area contributed by atoms with Gasteiger partial charge in [-0.1, -0.05) is 24.6 Å². The van der Waals surface area contributed by atoms with Crippen molar-refractivity contribution in [2.24, 2.45) is 33.7 Å². The Bertz CT molecular complexity index is 1250. The highest BCUT2D eigenvalue weighted by Gasteiger charge is 2.30. The fourth-order valence-corrected chi connectivity index (χ4v) is 4.72. The highest BCUT2D eigenvalue weighted by Crippen LogP contribution is 2.19. The molecule has 15 heteroatoms. The number of nitrogens with zero attached hydrogens (tertiary/aromatic N) is 1. The molecule has 1 aromatic carbocycles. The zero-order chi connectivity index (χ0) is 32.5. The SMILES string of the molecule is NCCCCC(N)C(=O)NC(CCCN=C(N)N)C(=O)NC(CCCCN)C(=O)NC(Cc1c[nH]c2ccccc12)C(=O)O. The number of nitrogens with one attached hydrogen (secondary N) is 4. The van der Waals surface area contributed by atoms with Gasteiger partial charge in [-0.2, -0.15) is 0 Å². The van der Waals surface area contributed by atoms with Gasteiger partial charge in [-0.25, -0.2) is 4.79 Å². The third-order valence-electron chi connectivity index (χ3n) is 7.18. The summed E-state index contributed by atoms with van der Waals surface area (Å²) in [7, 11) is 0. The number of hydrogen-bond donors (Lipinski definition) is 10. The van der Waals surface area contributed by atoms with Crippen LogP contribution >= 0.6 is 0 Å². The number of aromatic nitrogens is 1. The van der Waals surface area contributed by atoms with E-state index in [1.165, 1.54) is 0 Å². The number of carboxylic acids is 1. The summed E-state index contributed by atoms with van der Waals surface area (Å²) in [5.41, 5.74) is 29.5. The van der Waals surface area contributed by atoms with Crippen LogP contribution in [0.4, 0.5) is 0 Å². The standard InChI is InChI=1S/C29H48N10O5/c30-13-5-3-9-20(32)25(40)37-23(12-7-15-35-29(33)34)26(41)38-22(11-4-6-14-31)27(42)39-24(28(43)44)16-18-17-36-21-10-2-1-8-19(18)21/h1-2,8,10,17,20,22-24,36H,3-7,9,11-16,30-32H2,(H,37,40)(H,38,41)(H,39,42)(H,43,44)(H4,33,34,35). The fraction of sp³-hybridized carbons (Fsp3) is 0.552. The molecule has 44 heavy (non-hydrogen) atoms. The van der Waals surface area contributed by atoms with Crippen LogP contribution in [0.3, 0.4) is 0 Å². The summed E-state index contributed by atoms with van der Waals surface area (Å²) in [6.07, 6.45) is 5.32. The number of unbranched alkanes of at least 4 members (excludes halogenated alkanes) is 2. The number of para-hydroxylation sites is 1. The zero-order valence-corrected chi connectivity index (χ0v) is 25.1. The van der Waals surface area contributed by atoms with Crippen LogP contribution in [-0.2, 0) is 25.6 Å². The van der Waals surface area contributed by atoms with Gasteiger partial charge in [0, 0.05) is 30.1 Å². The van der Waals surface area contributed by atoms with Crippen molar-refractivity contribution in [3.63, 3.8) is 0 Å². The number of aliphatic imine (C=N–C) groups is 1. The van der Waals surface area contributed by atoms with Crippen LogP contribution in [0, 0.1) is 0 Å². The van der Waals surface area contributed by atoms with Crippen molar-refractivity contribution in [1.82, 2.24) is 20.9 Å². The van der Waals surface area contributed by atoms with E-state index in [0.717, 1.165) is 16.5 Å². The molecule has 0 saturated heterocycles. The molecule has 0 saturated carbocycles. The Hall–Kier alpha value is -4.21. The summed E-state index contributed by atoms with van der Waals surface area (Å²) < 4.78 is 0. The monoisotopic (exact) mass is 616 g/mol. The summed E-state index contributed by atoms with van der Waals surface area (Å²) in [6.45, 7) is 1.08. The average Bonchev–Trinajstić information content (AvgIpc) is 3.40. The van der Waals surface area contributed by atoms with E-state index in [4.69, 9.17) is 28.7 Å². The van der Waals surface area contributed by atoms with Crippen molar-refractivity contribution in [2.45, 2.75) is 82.0 Å². The molecule has 3 amide bonds. The molecule has 4 atom stereocenters. The van der Waals surface area contributed by atoms with Gasteiger partial charge in [-0.15, -0.1) is 0 Å². The van der Waals surface area contributed by atoms with Gasteiger partial charge in [0.2, 0.25) is 17.7 Å². The number of hydrogen-bond acceptors (Lipinski definition) is 8. The fourth-order valence-electron chi connectivity index (χ4n) is 4.72. The molecule has 0 aliphatic carbocycles. The maximum Gasteiger partial charge on any atom is 0.326 e. The predicted molar refractivity (Wildman–Crippen MR) is 169 cm³/mol. The van der Waals surface area contributed by atoms with Crippen LogP contribution in [0.2, 0.25) is 0 Å². The molecule has 0 spiro atoms. The second kappa shape index (κ2) is 19.1. The van der Waals surface area contributed by atoms with E-state index in [-0.39, 0.29) is 31.8 Å². The summed E-state index contributed by atoms with van der Waals surface area (Å²) >= 11 is 0. The highest BCUT2D eigenvalue weighted by molar-refractivity contribution is 5.94. The molecule has 1 aromatic heterocycles. The largest absolute Gasteiger partial charge is 0.480 e. The molecule has 4 unspecified atom stereocenters. The van der Waals surface area contributed by atoms with Gasteiger partial charge in [0.15, 0.2) is 5.96 Å². The summed E-state index contributed by atoms with van der Waals surface area (Å²) in [4.78, 5) is 58.9. The van der Waals surface area contributed by atoms with E-state index in [0.29, 0.717) is 51.6 Å². The van der Waals surface area contributed by atoms with Gasteiger partial charge in [0.1, 0.15) is 18.1 Å². The maximum absolute atomic E-state index is 13.5. The molecule has 0 aliphatic rings. The zero-order valence-electron chi connectivity index (χ0n) is 25.1. The van der Waals surface area contributed by atoms with Crippen molar-refractivity contribution in [2.75, 3.05) is 19.6 Å². The number of carboxylic acid groups (broad SMARTS) is 1. The number of rotatable bonds is 21. The van der Waals surface area contributed by atoms with E-state index in [1.54, 1.807) is 6.20 Å². The number of carbonyl (C=O) groups excluding carboxylic acids is 3. The number of nitrogens with two attached hydrogens (primary N) is 5. The number of aromatic amines is 1. The van der Waals surface area contributed by atoms with Gasteiger partial charge in [0.05, 0.1) is 6.04 Å². The first kappa shape index (κ1) is 36.0. The number of benzene rings is 1. The van der Waals surface area contributed by atoms with Crippen molar-refractivity contribution in [3.8, 4) is 0 Å². The second-order valence-electron chi connectivity index (χ2n) is 10.7. The molecule has 0 fully saturated rings. The summed E-state index contributed by atoms with van der Waals surface area (Å²) in [6, 6.07) is 3.23. The molecular formula is C29H48N10O5. The normalized spacial score (nSPS) is 13.8. The van der Waals surface area contributed by atoms with Crippen molar-refractivity contribution < 1.29 is 24.3 Å². The minimum absolute atomic E-state index is 0.0278. The molecule has 0 aliphatic heterocycles. The molecule has 15 N–H and O–H groups in total. The minimum Gasteiger partial charge on any atom is -0.480 e. The van der Waals surface area contributed by atoms with E-state index in [2.05, 4.69) is 25.9 Å². The molecule has 0 radical (unpaired) electrons. The summed E-state index contributed by atoms with van der Waals surface area (Å²) in [5.74, 6) is -3.11. The predicted octanol–water partition coefficient (Wildman–Crippen LogP) is -1.11. The second-order valence-corrected chi connectivity index (χ2v) is 10.7. The van der Waals surface area contributed by atoms with E-state index in [9.17, 15) is 24.3 Å². The number of amides is 3. The first-order valence-corrected chi connectivity index (χ1v) is 15.0. The van der Waals surface area contributed by atoms with Gasteiger partial charge >= 0.3 is 5.97 Å². The Balaban J connectivity index is 2.18. The van der Waals surface area contributed by atoms with Crippen molar-refractivity contribution in [1.29, 1.82) is 0 Å². The smallest absolute Gasteiger partial charge is 0.326 e. The lowest BCUT2D eigenvalue weighted by Crippen LogP contribution is -2.57. The maximum atomic E-state index is 13.5. The van der Waals surface area contributed by atoms with Crippen LogP contribution in [0.25, 0.3) is 10.9 Å². The number of guanidine groups is 1. The molecule has 15 nitrogen and oxygen atoms in total. The van der Waals surface area contributed by atoms with Crippen LogP contribution in [0.1, 0.15) is 56.9 Å². The Morgan fingerprint density at radius 2 is 1.36 bits per heavy atom. The molecular weight excluding hydrogens is 568 g/mol. The van der Waals surface area contributed by atoms with Gasteiger partial charge < -0.3 is 54.7 Å².